The van der Waals surface area contributed by atoms with E-state index in [2.05, 4.69) is 5.32 Å². The van der Waals surface area contributed by atoms with Crippen molar-refractivity contribution in [3.63, 3.8) is 0 Å². The van der Waals surface area contributed by atoms with E-state index >= 15 is 0 Å². The second-order valence-corrected chi connectivity index (χ2v) is 5.64. The summed E-state index contributed by atoms with van der Waals surface area (Å²) in [5.74, 6) is 0. The summed E-state index contributed by atoms with van der Waals surface area (Å²) in [6, 6.07) is 0.742. The molecule has 1 amide bonds. The van der Waals surface area contributed by atoms with E-state index in [4.69, 9.17) is 4.74 Å². The first kappa shape index (κ1) is 14.3. The molecule has 0 radical (unpaired) electrons. The number of carbonyl (C=O) groups is 1. The van der Waals surface area contributed by atoms with Gasteiger partial charge >= 0.3 is 6.09 Å². The van der Waals surface area contributed by atoms with Crippen LogP contribution in [0.15, 0.2) is 0 Å². The summed E-state index contributed by atoms with van der Waals surface area (Å²) in [5, 5.41) is 3.44. The van der Waals surface area contributed by atoms with Crippen molar-refractivity contribution in [3.05, 3.63) is 0 Å². The molecule has 1 N–H and O–H groups in total. The van der Waals surface area contributed by atoms with Crippen LogP contribution in [0.2, 0.25) is 0 Å². The van der Waals surface area contributed by atoms with Gasteiger partial charge < -0.3 is 15.0 Å². The van der Waals surface area contributed by atoms with Gasteiger partial charge in [-0.15, -0.1) is 0 Å². The number of amides is 1. The Labute approximate surface area is 105 Å². The van der Waals surface area contributed by atoms with E-state index in [-0.39, 0.29) is 6.09 Å². The maximum Gasteiger partial charge on any atom is 0.410 e. The molecule has 0 spiro atoms. The summed E-state index contributed by atoms with van der Waals surface area (Å²) in [4.78, 5) is 13.6. The number of hydrogen-bond donors (Lipinski definition) is 1. The van der Waals surface area contributed by atoms with E-state index < -0.39 is 5.60 Å². The molecule has 1 aliphatic rings. The van der Waals surface area contributed by atoms with Crippen molar-refractivity contribution in [3.8, 4) is 0 Å². The maximum atomic E-state index is 11.8. The molecule has 0 aromatic rings. The SMILES string of the molecule is CCN(CCCNC1CC1)C(=O)OC(C)(C)C. The number of nitrogens with zero attached hydrogens (tertiary/aromatic N) is 1. The molecular formula is C13H26N2O2. The molecule has 0 heterocycles. The molecular weight excluding hydrogens is 216 g/mol. The number of hydrogen-bond acceptors (Lipinski definition) is 3. The quantitative estimate of drug-likeness (QED) is 0.727. The third-order valence-corrected chi connectivity index (χ3v) is 2.65. The van der Waals surface area contributed by atoms with Gasteiger partial charge in [0.05, 0.1) is 0 Å². The predicted octanol–water partition coefficient (Wildman–Crippen LogP) is 2.39. The summed E-state index contributed by atoms with van der Waals surface area (Å²) in [5.41, 5.74) is -0.406. The molecule has 100 valence electrons. The van der Waals surface area contributed by atoms with Crippen molar-refractivity contribution in [2.45, 2.75) is 58.6 Å². The molecule has 1 aliphatic carbocycles. The second-order valence-electron chi connectivity index (χ2n) is 5.64. The largest absolute Gasteiger partial charge is 0.444 e. The van der Waals surface area contributed by atoms with Gasteiger partial charge in [0.1, 0.15) is 5.60 Å². The standard InChI is InChI=1S/C13H26N2O2/c1-5-15(12(16)17-13(2,3)4)10-6-9-14-11-7-8-11/h11,14H,5-10H2,1-4H3. The lowest BCUT2D eigenvalue weighted by atomic mass is 10.2. The molecule has 0 atom stereocenters. The maximum absolute atomic E-state index is 11.8. The third kappa shape index (κ3) is 6.51. The van der Waals surface area contributed by atoms with E-state index in [0.717, 1.165) is 25.6 Å². The molecule has 17 heavy (non-hydrogen) atoms. The minimum atomic E-state index is -0.406. The van der Waals surface area contributed by atoms with E-state index in [1.54, 1.807) is 4.90 Å². The van der Waals surface area contributed by atoms with Gasteiger partial charge in [-0.3, -0.25) is 0 Å². The van der Waals surface area contributed by atoms with Gasteiger partial charge in [0.2, 0.25) is 0 Å². The highest BCUT2D eigenvalue weighted by molar-refractivity contribution is 5.68. The van der Waals surface area contributed by atoms with Crippen LogP contribution in [0.3, 0.4) is 0 Å². The highest BCUT2D eigenvalue weighted by Crippen LogP contribution is 2.18. The van der Waals surface area contributed by atoms with Crippen molar-refractivity contribution < 1.29 is 9.53 Å². The topological polar surface area (TPSA) is 41.6 Å². The smallest absolute Gasteiger partial charge is 0.410 e. The third-order valence-electron chi connectivity index (χ3n) is 2.65. The Balaban J connectivity index is 2.18. The Morgan fingerprint density at radius 3 is 2.53 bits per heavy atom. The van der Waals surface area contributed by atoms with Crippen molar-refractivity contribution in [1.82, 2.24) is 10.2 Å². The first-order chi connectivity index (χ1) is 7.92. The van der Waals surface area contributed by atoms with Crippen LogP contribution in [-0.2, 0) is 4.74 Å². The first-order valence-corrected chi connectivity index (χ1v) is 6.63. The van der Waals surface area contributed by atoms with Crippen LogP contribution >= 0.6 is 0 Å². The van der Waals surface area contributed by atoms with Gasteiger partial charge in [-0.05, 0) is 53.5 Å². The van der Waals surface area contributed by atoms with Crippen molar-refractivity contribution in [2.75, 3.05) is 19.6 Å². The van der Waals surface area contributed by atoms with E-state index in [0.29, 0.717) is 6.54 Å². The summed E-state index contributed by atoms with van der Waals surface area (Å²) in [6.45, 7) is 10.1. The molecule has 0 saturated heterocycles. The molecule has 4 heteroatoms. The fourth-order valence-electron chi connectivity index (χ4n) is 1.57. The number of carbonyl (C=O) groups excluding carboxylic acids is 1. The van der Waals surface area contributed by atoms with Crippen LogP contribution in [0.25, 0.3) is 0 Å². The average Bonchev–Trinajstić information content (AvgIpc) is 2.98. The van der Waals surface area contributed by atoms with Gasteiger partial charge in [-0.1, -0.05) is 0 Å². The van der Waals surface area contributed by atoms with Crippen molar-refractivity contribution >= 4 is 6.09 Å². The van der Waals surface area contributed by atoms with E-state index in [1.165, 1.54) is 12.8 Å². The normalized spacial score (nSPS) is 15.8. The molecule has 4 nitrogen and oxygen atoms in total. The van der Waals surface area contributed by atoms with Gasteiger partial charge in [0.15, 0.2) is 0 Å². The van der Waals surface area contributed by atoms with Gasteiger partial charge in [-0.25, -0.2) is 4.79 Å². The number of rotatable bonds is 6. The second kappa shape index (κ2) is 6.24. The van der Waals surface area contributed by atoms with E-state index in [9.17, 15) is 4.79 Å². The average molecular weight is 242 g/mol. The zero-order valence-corrected chi connectivity index (χ0v) is 11.6. The Kier molecular flexibility index (Phi) is 5.25. The van der Waals surface area contributed by atoms with E-state index in [1.807, 2.05) is 27.7 Å². The minimum absolute atomic E-state index is 0.202. The summed E-state index contributed by atoms with van der Waals surface area (Å²) >= 11 is 0. The molecule has 0 aromatic carbocycles. The lowest BCUT2D eigenvalue weighted by Crippen LogP contribution is -2.38. The van der Waals surface area contributed by atoms with Crippen LogP contribution in [0.1, 0.15) is 47.0 Å². The first-order valence-electron chi connectivity index (χ1n) is 6.63. The Morgan fingerprint density at radius 2 is 2.06 bits per heavy atom. The fourth-order valence-corrected chi connectivity index (χ4v) is 1.57. The van der Waals surface area contributed by atoms with Crippen LogP contribution in [0.5, 0.6) is 0 Å². The van der Waals surface area contributed by atoms with Gasteiger partial charge in [-0.2, -0.15) is 0 Å². The van der Waals surface area contributed by atoms with Crippen LogP contribution in [0.4, 0.5) is 4.79 Å². The molecule has 0 bridgehead atoms. The zero-order chi connectivity index (χ0) is 12.9. The van der Waals surface area contributed by atoms with Crippen LogP contribution in [-0.4, -0.2) is 42.3 Å². The highest BCUT2D eigenvalue weighted by Gasteiger charge is 2.22. The zero-order valence-electron chi connectivity index (χ0n) is 11.6. The number of nitrogens with one attached hydrogen (secondary N) is 1. The highest BCUT2D eigenvalue weighted by atomic mass is 16.6. The molecule has 0 aromatic heterocycles. The lowest BCUT2D eigenvalue weighted by Gasteiger charge is -2.26. The Bertz CT molecular complexity index is 244. The predicted molar refractivity (Wildman–Crippen MR) is 69.1 cm³/mol. The van der Waals surface area contributed by atoms with Crippen LogP contribution < -0.4 is 5.32 Å². The van der Waals surface area contributed by atoms with Crippen LogP contribution in [0, 0.1) is 0 Å². The fraction of sp³-hybridized carbons (Fsp3) is 0.923. The number of ether oxygens (including phenoxy) is 1. The molecule has 0 unspecified atom stereocenters. The Morgan fingerprint density at radius 1 is 1.41 bits per heavy atom. The van der Waals surface area contributed by atoms with Gasteiger partial charge in [0.25, 0.3) is 0 Å². The monoisotopic (exact) mass is 242 g/mol. The molecule has 0 aliphatic heterocycles. The summed E-state index contributed by atoms with van der Waals surface area (Å²) in [6.07, 6.45) is 3.41. The molecule has 1 rings (SSSR count). The molecule has 1 fully saturated rings. The van der Waals surface area contributed by atoms with Gasteiger partial charge in [0, 0.05) is 19.1 Å². The summed E-state index contributed by atoms with van der Waals surface area (Å²) in [7, 11) is 0. The minimum Gasteiger partial charge on any atom is -0.444 e. The summed E-state index contributed by atoms with van der Waals surface area (Å²) < 4.78 is 5.35. The van der Waals surface area contributed by atoms with Crippen molar-refractivity contribution in [1.29, 1.82) is 0 Å². The molecule has 1 saturated carbocycles. The lowest BCUT2D eigenvalue weighted by molar-refractivity contribution is 0.0258. The Hall–Kier alpha value is -0.770. The van der Waals surface area contributed by atoms with Crippen molar-refractivity contribution in [2.24, 2.45) is 0 Å².